The second kappa shape index (κ2) is 8.34. The van der Waals surface area contributed by atoms with Gasteiger partial charge in [0.2, 0.25) is 5.88 Å². The molecule has 7 heteroatoms. The van der Waals surface area contributed by atoms with Crippen LogP contribution < -0.4 is 10.1 Å². The third kappa shape index (κ3) is 4.60. The SMILES string of the molecule is CCc1nnsc1C(=O)NCc1ccnc(OCc2ccccc2)c1. The lowest BCUT2D eigenvalue weighted by molar-refractivity contribution is 0.0954. The second-order valence-electron chi connectivity index (χ2n) is 5.36. The van der Waals surface area contributed by atoms with Crippen molar-refractivity contribution in [3.63, 3.8) is 0 Å². The maximum atomic E-state index is 12.2. The van der Waals surface area contributed by atoms with Crippen molar-refractivity contribution in [1.29, 1.82) is 0 Å². The van der Waals surface area contributed by atoms with Gasteiger partial charge >= 0.3 is 0 Å². The zero-order valence-electron chi connectivity index (χ0n) is 13.8. The van der Waals surface area contributed by atoms with Gasteiger partial charge in [-0.15, -0.1) is 5.10 Å². The molecule has 0 atom stereocenters. The van der Waals surface area contributed by atoms with Crippen LogP contribution >= 0.6 is 11.5 Å². The first-order valence-corrected chi connectivity index (χ1v) is 8.74. The number of nitrogens with one attached hydrogen (secondary N) is 1. The van der Waals surface area contributed by atoms with Crippen LogP contribution in [0.15, 0.2) is 48.7 Å². The van der Waals surface area contributed by atoms with E-state index in [2.05, 4.69) is 19.9 Å². The summed E-state index contributed by atoms with van der Waals surface area (Å²) in [4.78, 5) is 17.0. The van der Waals surface area contributed by atoms with Crippen molar-refractivity contribution in [1.82, 2.24) is 19.9 Å². The van der Waals surface area contributed by atoms with Crippen LogP contribution in [0.25, 0.3) is 0 Å². The quantitative estimate of drug-likeness (QED) is 0.706. The highest BCUT2D eigenvalue weighted by molar-refractivity contribution is 7.08. The molecular weight excluding hydrogens is 336 g/mol. The molecule has 128 valence electrons. The molecule has 0 saturated heterocycles. The van der Waals surface area contributed by atoms with Crippen molar-refractivity contribution >= 4 is 17.4 Å². The number of aryl methyl sites for hydroxylation is 1. The smallest absolute Gasteiger partial charge is 0.265 e. The fraction of sp³-hybridized carbons (Fsp3) is 0.222. The Morgan fingerprint density at radius 3 is 2.84 bits per heavy atom. The summed E-state index contributed by atoms with van der Waals surface area (Å²) in [5, 5.41) is 6.84. The lowest BCUT2D eigenvalue weighted by Gasteiger charge is -2.08. The molecule has 0 aliphatic carbocycles. The number of benzene rings is 1. The van der Waals surface area contributed by atoms with Crippen LogP contribution in [0.3, 0.4) is 0 Å². The summed E-state index contributed by atoms with van der Waals surface area (Å²) >= 11 is 1.12. The lowest BCUT2D eigenvalue weighted by atomic mass is 10.2. The van der Waals surface area contributed by atoms with Gasteiger partial charge in [0.05, 0.1) is 5.69 Å². The monoisotopic (exact) mass is 354 g/mol. The van der Waals surface area contributed by atoms with Gasteiger partial charge in [-0.2, -0.15) is 0 Å². The molecule has 2 heterocycles. The summed E-state index contributed by atoms with van der Waals surface area (Å²) < 4.78 is 9.54. The number of amides is 1. The first-order valence-electron chi connectivity index (χ1n) is 7.97. The minimum absolute atomic E-state index is 0.157. The van der Waals surface area contributed by atoms with Crippen molar-refractivity contribution in [2.24, 2.45) is 0 Å². The van der Waals surface area contributed by atoms with Crippen LogP contribution in [-0.4, -0.2) is 20.5 Å². The van der Waals surface area contributed by atoms with E-state index in [1.807, 2.05) is 49.4 Å². The van der Waals surface area contributed by atoms with Crippen molar-refractivity contribution in [3.8, 4) is 5.88 Å². The van der Waals surface area contributed by atoms with Gasteiger partial charge in [0.1, 0.15) is 11.5 Å². The number of nitrogens with zero attached hydrogens (tertiary/aromatic N) is 3. The fourth-order valence-corrected chi connectivity index (χ4v) is 2.91. The normalized spacial score (nSPS) is 10.4. The Morgan fingerprint density at radius 2 is 2.04 bits per heavy atom. The van der Waals surface area contributed by atoms with E-state index >= 15 is 0 Å². The number of rotatable bonds is 7. The Hall–Kier alpha value is -2.80. The van der Waals surface area contributed by atoms with Crippen LogP contribution in [0.2, 0.25) is 0 Å². The van der Waals surface area contributed by atoms with Gasteiger partial charge in [-0.1, -0.05) is 41.7 Å². The Labute approximate surface area is 150 Å². The first kappa shape index (κ1) is 17.0. The number of carbonyl (C=O) groups excluding carboxylic acids is 1. The van der Waals surface area contributed by atoms with E-state index in [-0.39, 0.29) is 5.91 Å². The van der Waals surface area contributed by atoms with Gasteiger partial charge in [-0.05, 0) is 35.1 Å². The van der Waals surface area contributed by atoms with E-state index in [0.717, 1.165) is 28.4 Å². The van der Waals surface area contributed by atoms with Gasteiger partial charge in [0.15, 0.2) is 0 Å². The van der Waals surface area contributed by atoms with Crippen LogP contribution in [-0.2, 0) is 19.6 Å². The summed E-state index contributed by atoms with van der Waals surface area (Å²) in [5.41, 5.74) is 2.72. The molecular formula is C18H18N4O2S. The molecule has 25 heavy (non-hydrogen) atoms. The van der Waals surface area contributed by atoms with Crippen LogP contribution in [0.1, 0.15) is 33.4 Å². The molecule has 0 spiro atoms. The Balaban J connectivity index is 1.57. The van der Waals surface area contributed by atoms with Crippen molar-refractivity contribution in [2.75, 3.05) is 0 Å². The van der Waals surface area contributed by atoms with E-state index in [4.69, 9.17) is 4.74 Å². The minimum atomic E-state index is -0.157. The van der Waals surface area contributed by atoms with E-state index in [0.29, 0.717) is 30.3 Å². The van der Waals surface area contributed by atoms with Crippen molar-refractivity contribution < 1.29 is 9.53 Å². The Kier molecular flexibility index (Phi) is 5.69. The Morgan fingerprint density at radius 1 is 1.20 bits per heavy atom. The van der Waals surface area contributed by atoms with Crippen LogP contribution in [0.5, 0.6) is 5.88 Å². The maximum absolute atomic E-state index is 12.2. The lowest BCUT2D eigenvalue weighted by Crippen LogP contribution is -2.23. The number of hydrogen-bond acceptors (Lipinski definition) is 6. The standard InChI is InChI=1S/C18H18N4O2S/c1-2-15-17(25-22-21-15)18(23)20-11-14-8-9-19-16(10-14)24-12-13-6-4-3-5-7-13/h3-10H,2,11-12H2,1H3,(H,20,23). The molecule has 0 aliphatic heterocycles. The summed E-state index contributed by atoms with van der Waals surface area (Å²) in [6, 6.07) is 13.6. The highest BCUT2D eigenvalue weighted by Crippen LogP contribution is 2.14. The fourth-order valence-electron chi connectivity index (χ4n) is 2.25. The van der Waals surface area contributed by atoms with E-state index in [1.54, 1.807) is 6.20 Å². The molecule has 0 bridgehead atoms. The highest BCUT2D eigenvalue weighted by Gasteiger charge is 2.14. The number of hydrogen-bond donors (Lipinski definition) is 1. The predicted octanol–water partition coefficient (Wildman–Crippen LogP) is 3.00. The number of carbonyl (C=O) groups is 1. The zero-order valence-corrected chi connectivity index (χ0v) is 14.6. The van der Waals surface area contributed by atoms with Gasteiger partial charge in [0.25, 0.3) is 5.91 Å². The van der Waals surface area contributed by atoms with Crippen LogP contribution in [0.4, 0.5) is 0 Å². The molecule has 3 aromatic rings. The van der Waals surface area contributed by atoms with Crippen molar-refractivity contribution in [2.45, 2.75) is 26.5 Å². The highest BCUT2D eigenvalue weighted by atomic mass is 32.1. The molecule has 0 unspecified atom stereocenters. The molecule has 2 aromatic heterocycles. The van der Waals surface area contributed by atoms with Gasteiger partial charge in [0, 0.05) is 18.8 Å². The topological polar surface area (TPSA) is 77.0 Å². The van der Waals surface area contributed by atoms with Gasteiger partial charge in [-0.3, -0.25) is 4.79 Å². The van der Waals surface area contributed by atoms with Gasteiger partial charge in [-0.25, -0.2) is 4.98 Å². The minimum Gasteiger partial charge on any atom is -0.473 e. The van der Waals surface area contributed by atoms with Crippen LogP contribution in [0, 0.1) is 0 Å². The molecule has 1 amide bonds. The summed E-state index contributed by atoms with van der Waals surface area (Å²) in [5.74, 6) is 0.375. The molecule has 6 nitrogen and oxygen atoms in total. The molecule has 1 aromatic carbocycles. The number of pyridine rings is 1. The molecule has 1 N–H and O–H groups in total. The van der Waals surface area contributed by atoms with Crippen molar-refractivity contribution in [3.05, 3.63) is 70.4 Å². The predicted molar refractivity (Wildman–Crippen MR) is 95.5 cm³/mol. The third-order valence-electron chi connectivity index (χ3n) is 3.58. The molecule has 3 rings (SSSR count). The summed E-state index contributed by atoms with van der Waals surface area (Å²) in [6.45, 7) is 2.80. The van der Waals surface area contributed by atoms with E-state index < -0.39 is 0 Å². The maximum Gasteiger partial charge on any atom is 0.265 e. The molecule has 0 saturated carbocycles. The zero-order chi connectivity index (χ0) is 17.5. The third-order valence-corrected chi connectivity index (χ3v) is 4.35. The Bertz CT molecular complexity index is 836. The largest absolute Gasteiger partial charge is 0.473 e. The number of aromatic nitrogens is 3. The molecule has 0 fully saturated rings. The summed E-state index contributed by atoms with van der Waals surface area (Å²) in [7, 11) is 0. The van der Waals surface area contributed by atoms with E-state index in [1.165, 1.54) is 0 Å². The average Bonchev–Trinajstić information content (AvgIpc) is 3.14. The summed E-state index contributed by atoms with van der Waals surface area (Å²) in [6.07, 6.45) is 2.36. The molecule has 0 aliphatic rings. The van der Waals surface area contributed by atoms with E-state index in [9.17, 15) is 4.79 Å². The average molecular weight is 354 g/mol. The second-order valence-corrected chi connectivity index (χ2v) is 6.12. The van der Waals surface area contributed by atoms with Gasteiger partial charge < -0.3 is 10.1 Å². The molecule has 0 radical (unpaired) electrons. The number of ether oxygens (including phenoxy) is 1. The first-order chi connectivity index (χ1) is 12.3.